The monoisotopic (exact) mass is 585 g/mol. The van der Waals surface area contributed by atoms with Gasteiger partial charge in [-0.05, 0) is 43.5 Å². The maximum absolute atomic E-state index is 15.0. The Kier molecular flexibility index (Phi) is 9.02. The summed E-state index contributed by atoms with van der Waals surface area (Å²) in [5, 5.41) is 25.4. The number of phenolic OH excluding ortho intramolecular Hbond substituents is 1. The minimum Gasteiger partial charge on any atom is -0.508 e. The summed E-state index contributed by atoms with van der Waals surface area (Å²) in [7, 11) is 0. The van der Waals surface area contributed by atoms with Crippen molar-refractivity contribution in [1.29, 1.82) is 0 Å². The van der Waals surface area contributed by atoms with Gasteiger partial charge < -0.3 is 25.7 Å². The average Bonchev–Trinajstić information content (AvgIpc) is 3.07. The molecule has 0 aromatic heterocycles. The number of aromatic hydroxyl groups is 1. The molecule has 1 saturated heterocycles. The number of aryl methyl sites for hydroxylation is 1. The molecule has 1 aliphatic rings. The first-order valence-corrected chi connectivity index (χ1v) is 12.7. The van der Waals surface area contributed by atoms with Gasteiger partial charge in [0, 0.05) is 11.1 Å². The Balaban J connectivity index is 1.96. The number of aliphatic hydroxyl groups excluding tert-OH is 1. The molecule has 3 amide bonds. The Morgan fingerprint density at radius 1 is 1.10 bits per heavy atom. The Morgan fingerprint density at radius 2 is 1.71 bits per heavy atom. The molecule has 3 rings (SSSR count). The Hall–Kier alpha value is -3.74. The molecule has 0 aliphatic carbocycles. The van der Waals surface area contributed by atoms with Crippen LogP contribution in [0.4, 0.5) is 22.0 Å². The van der Waals surface area contributed by atoms with Gasteiger partial charge in [0.2, 0.25) is 5.91 Å². The molecular weight excluding hydrogens is 553 g/mol. The number of carbonyl (C=O) groups is 3. The van der Waals surface area contributed by atoms with Crippen molar-refractivity contribution in [3.05, 3.63) is 64.7 Å². The van der Waals surface area contributed by atoms with Crippen molar-refractivity contribution >= 4 is 17.7 Å². The summed E-state index contributed by atoms with van der Waals surface area (Å²) < 4.78 is 68.3. The van der Waals surface area contributed by atoms with Crippen LogP contribution in [0.3, 0.4) is 0 Å². The fourth-order valence-corrected chi connectivity index (χ4v) is 4.83. The molecule has 3 unspecified atom stereocenters. The number of phenols is 1. The van der Waals surface area contributed by atoms with Gasteiger partial charge >= 0.3 is 6.18 Å². The number of alkyl halides is 5. The average molecular weight is 586 g/mol. The SMILES string of the molecule is Cc1cc(O)c(C)c(C(=O)NC(Cc2ccccc2)C(O)C(=O)N2CC(F)(F)C(C)(C)C2C(=O)NCC(F)(F)F)c1. The van der Waals surface area contributed by atoms with Crippen molar-refractivity contribution in [2.24, 2.45) is 5.41 Å². The zero-order valence-corrected chi connectivity index (χ0v) is 22.9. The summed E-state index contributed by atoms with van der Waals surface area (Å²) in [5.74, 6) is -7.47. The molecule has 224 valence electrons. The van der Waals surface area contributed by atoms with Crippen LogP contribution < -0.4 is 10.6 Å². The van der Waals surface area contributed by atoms with Gasteiger partial charge in [0.15, 0.2) is 6.10 Å². The van der Waals surface area contributed by atoms with Crippen molar-refractivity contribution < 1.29 is 46.5 Å². The summed E-state index contributed by atoms with van der Waals surface area (Å²) in [4.78, 5) is 39.8. The highest BCUT2D eigenvalue weighted by molar-refractivity contribution is 5.97. The molecule has 0 radical (unpaired) electrons. The molecule has 13 heteroatoms. The van der Waals surface area contributed by atoms with Gasteiger partial charge in [-0.15, -0.1) is 0 Å². The van der Waals surface area contributed by atoms with Crippen LogP contribution in [0.15, 0.2) is 42.5 Å². The number of aliphatic hydroxyl groups is 1. The van der Waals surface area contributed by atoms with Crippen LogP contribution in [0, 0.1) is 19.3 Å². The number of rotatable bonds is 8. The van der Waals surface area contributed by atoms with Gasteiger partial charge in [0.25, 0.3) is 17.7 Å². The van der Waals surface area contributed by atoms with E-state index in [-0.39, 0.29) is 23.3 Å². The van der Waals surface area contributed by atoms with Crippen molar-refractivity contribution in [3.8, 4) is 5.75 Å². The van der Waals surface area contributed by atoms with Gasteiger partial charge in [-0.1, -0.05) is 44.2 Å². The van der Waals surface area contributed by atoms with Crippen LogP contribution in [0.5, 0.6) is 5.75 Å². The van der Waals surface area contributed by atoms with Crippen molar-refractivity contribution in [3.63, 3.8) is 0 Å². The maximum atomic E-state index is 15.0. The summed E-state index contributed by atoms with van der Waals surface area (Å²) >= 11 is 0. The summed E-state index contributed by atoms with van der Waals surface area (Å²) in [6, 6.07) is 7.76. The molecule has 41 heavy (non-hydrogen) atoms. The lowest BCUT2D eigenvalue weighted by molar-refractivity contribution is -0.151. The van der Waals surface area contributed by atoms with E-state index in [1.54, 1.807) is 42.6 Å². The first kappa shape index (κ1) is 31.8. The second-order valence-electron chi connectivity index (χ2n) is 10.8. The van der Waals surface area contributed by atoms with Crippen molar-refractivity contribution in [2.45, 2.75) is 64.4 Å². The second kappa shape index (κ2) is 11.6. The highest BCUT2D eigenvalue weighted by Crippen LogP contribution is 2.48. The molecule has 0 saturated carbocycles. The van der Waals surface area contributed by atoms with Crippen LogP contribution in [0.1, 0.15) is 40.9 Å². The molecular formula is C28H32F5N3O5. The van der Waals surface area contributed by atoms with Crippen LogP contribution in [-0.2, 0) is 16.0 Å². The lowest BCUT2D eigenvalue weighted by Crippen LogP contribution is -2.58. The third kappa shape index (κ3) is 6.95. The summed E-state index contributed by atoms with van der Waals surface area (Å²) in [6.45, 7) is 1.87. The number of benzene rings is 2. The van der Waals surface area contributed by atoms with E-state index in [1.165, 1.54) is 19.1 Å². The smallest absolute Gasteiger partial charge is 0.405 e. The van der Waals surface area contributed by atoms with Gasteiger partial charge in [0.1, 0.15) is 18.3 Å². The topological polar surface area (TPSA) is 119 Å². The fraction of sp³-hybridized carbons (Fsp3) is 0.464. The molecule has 0 bridgehead atoms. The number of nitrogens with one attached hydrogen (secondary N) is 2. The maximum Gasteiger partial charge on any atom is 0.405 e. The van der Waals surface area contributed by atoms with E-state index in [2.05, 4.69) is 5.32 Å². The molecule has 2 aromatic rings. The van der Waals surface area contributed by atoms with Crippen molar-refractivity contribution in [1.82, 2.24) is 15.5 Å². The first-order valence-electron chi connectivity index (χ1n) is 12.7. The predicted molar refractivity (Wildman–Crippen MR) is 138 cm³/mol. The number of halogens is 5. The quantitative estimate of drug-likeness (QED) is 0.355. The summed E-state index contributed by atoms with van der Waals surface area (Å²) in [5.41, 5.74) is -0.927. The minimum absolute atomic E-state index is 0.0402. The molecule has 1 aliphatic heterocycles. The van der Waals surface area contributed by atoms with E-state index in [4.69, 9.17) is 0 Å². The van der Waals surface area contributed by atoms with Gasteiger partial charge in [-0.2, -0.15) is 13.2 Å². The van der Waals surface area contributed by atoms with Crippen LogP contribution in [0.2, 0.25) is 0 Å². The number of nitrogens with zero attached hydrogens (tertiary/aromatic N) is 1. The highest BCUT2D eigenvalue weighted by Gasteiger charge is 2.64. The van der Waals surface area contributed by atoms with E-state index in [0.29, 0.717) is 16.0 Å². The van der Waals surface area contributed by atoms with Gasteiger partial charge in [-0.3, -0.25) is 14.4 Å². The Bertz CT molecular complexity index is 1300. The lowest BCUT2D eigenvalue weighted by atomic mass is 9.81. The molecule has 1 heterocycles. The van der Waals surface area contributed by atoms with Crippen LogP contribution in [0.25, 0.3) is 0 Å². The third-order valence-corrected chi connectivity index (χ3v) is 7.32. The molecule has 0 spiro atoms. The highest BCUT2D eigenvalue weighted by atomic mass is 19.4. The van der Waals surface area contributed by atoms with E-state index in [9.17, 15) is 37.8 Å². The predicted octanol–water partition coefficient (Wildman–Crippen LogP) is 3.26. The third-order valence-electron chi connectivity index (χ3n) is 7.32. The summed E-state index contributed by atoms with van der Waals surface area (Å²) in [6.07, 6.45) is -7.14. The molecule has 3 atom stereocenters. The van der Waals surface area contributed by atoms with Crippen LogP contribution >= 0.6 is 0 Å². The zero-order chi connectivity index (χ0) is 30.9. The second-order valence-corrected chi connectivity index (χ2v) is 10.8. The number of hydrogen-bond donors (Lipinski definition) is 4. The van der Waals surface area contributed by atoms with E-state index >= 15 is 8.78 Å². The van der Waals surface area contributed by atoms with Crippen molar-refractivity contribution in [2.75, 3.05) is 13.1 Å². The molecule has 4 N–H and O–H groups in total. The van der Waals surface area contributed by atoms with Gasteiger partial charge in [0.05, 0.1) is 18.0 Å². The standard InChI is InChI=1S/C28H32F5N3O5/c1-15-10-18(16(2)20(37)11-15)23(39)35-19(12-17-8-6-5-7-9-17)21(38)25(41)36-14-27(29,30)26(3,4)22(36)24(40)34-13-28(31,32)33/h5-11,19,21-22,37-38H,12-14H2,1-4H3,(H,34,40)(H,35,39). The number of likely N-dealkylation sites (tertiary alicyclic amines) is 1. The van der Waals surface area contributed by atoms with Crippen LogP contribution in [-0.4, -0.2) is 76.2 Å². The van der Waals surface area contributed by atoms with E-state index < -0.39 is 66.5 Å². The first-order chi connectivity index (χ1) is 18.9. The van der Waals surface area contributed by atoms with E-state index in [0.717, 1.165) is 13.8 Å². The van der Waals surface area contributed by atoms with E-state index in [1.807, 2.05) is 0 Å². The fourth-order valence-electron chi connectivity index (χ4n) is 4.83. The number of hydrogen-bond acceptors (Lipinski definition) is 5. The Morgan fingerprint density at radius 3 is 2.29 bits per heavy atom. The molecule has 2 aromatic carbocycles. The number of amides is 3. The lowest BCUT2D eigenvalue weighted by Gasteiger charge is -2.34. The normalized spacial score (nSPS) is 19.4. The number of carbonyl (C=O) groups excluding carboxylic acids is 3. The largest absolute Gasteiger partial charge is 0.508 e. The minimum atomic E-state index is -4.83. The zero-order valence-electron chi connectivity index (χ0n) is 22.9. The molecule has 8 nitrogen and oxygen atoms in total. The Labute approximate surface area is 233 Å². The molecule has 1 fully saturated rings. The van der Waals surface area contributed by atoms with Gasteiger partial charge in [-0.25, -0.2) is 8.78 Å².